The maximum Gasteiger partial charge on any atom is 0.226 e. The zero-order valence-electron chi connectivity index (χ0n) is 18.4. The van der Waals surface area contributed by atoms with Gasteiger partial charge in [-0.05, 0) is 18.7 Å². The number of nitrogens with zero attached hydrogens (tertiary/aromatic N) is 4. The lowest BCUT2D eigenvalue weighted by Gasteiger charge is -2.32. The number of carbonyl (C=O) groups is 1. The zero-order chi connectivity index (χ0) is 21.5. The van der Waals surface area contributed by atoms with Gasteiger partial charge >= 0.3 is 0 Å². The minimum atomic E-state index is 0.0360. The van der Waals surface area contributed by atoms with E-state index < -0.39 is 0 Å². The molecule has 8 heteroatoms. The topological polar surface area (TPSA) is 60.9 Å². The van der Waals surface area contributed by atoms with Crippen LogP contribution in [0.25, 0.3) is 10.6 Å². The average molecular weight is 444 g/mol. The summed E-state index contributed by atoms with van der Waals surface area (Å²) in [6.45, 7) is 10.5. The molecule has 0 spiro atoms. The first-order valence-corrected chi connectivity index (χ1v) is 12.0. The van der Waals surface area contributed by atoms with Crippen molar-refractivity contribution >= 4 is 17.2 Å². The highest BCUT2D eigenvalue weighted by Crippen LogP contribution is 2.25. The van der Waals surface area contributed by atoms with E-state index in [1.165, 1.54) is 5.56 Å². The van der Waals surface area contributed by atoms with E-state index in [9.17, 15) is 4.79 Å². The number of hydrogen-bond donors (Lipinski definition) is 1. The molecule has 1 N–H and O–H groups in total. The number of thiazole rings is 1. The molecule has 0 radical (unpaired) electrons. The third-order valence-electron chi connectivity index (χ3n) is 5.92. The largest absolute Gasteiger partial charge is 0.379 e. The molecule has 1 amide bonds. The minimum absolute atomic E-state index is 0.0360. The smallest absolute Gasteiger partial charge is 0.226 e. The molecular weight excluding hydrogens is 410 g/mol. The molecule has 168 valence electrons. The third-order valence-corrected chi connectivity index (χ3v) is 6.86. The lowest BCUT2D eigenvalue weighted by molar-refractivity contribution is -0.120. The molecule has 2 fully saturated rings. The van der Waals surface area contributed by atoms with Gasteiger partial charge in [0.25, 0.3) is 0 Å². The van der Waals surface area contributed by atoms with Gasteiger partial charge in [-0.3, -0.25) is 14.6 Å². The highest BCUT2D eigenvalue weighted by molar-refractivity contribution is 7.13. The van der Waals surface area contributed by atoms with Gasteiger partial charge in [0.05, 0.1) is 25.3 Å². The molecule has 31 heavy (non-hydrogen) atoms. The Labute approximate surface area is 189 Å². The van der Waals surface area contributed by atoms with Crippen molar-refractivity contribution in [2.24, 2.45) is 0 Å². The molecule has 2 saturated heterocycles. The molecule has 0 unspecified atom stereocenters. The van der Waals surface area contributed by atoms with Crippen molar-refractivity contribution in [3.8, 4) is 10.6 Å². The van der Waals surface area contributed by atoms with Gasteiger partial charge in [0.2, 0.25) is 5.91 Å². The number of likely N-dealkylation sites (N-methyl/N-ethyl adjacent to an activating group) is 1. The maximum absolute atomic E-state index is 12.3. The Kier molecular flexibility index (Phi) is 8.04. The fourth-order valence-corrected chi connectivity index (χ4v) is 4.81. The number of ether oxygens (including phenoxy) is 1. The number of morpholine rings is 1. The summed E-state index contributed by atoms with van der Waals surface area (Å²) < 4.78 is 5.35. The Morgan fingerprint density at radius 1 is 1.13 bits per heavy atom. The monoisotopic (exact) mass is 443 g/mol. The molecule has 0 saturated carbocycles. The van der Waals surface area contributed by atoms with Crippen LogP contribution in [0.4, 0.5) is 0 Å². The summed E-state index contributed by atoms with van der Waals surface area (Å²) in [6, 6.07) is 8.65. The van der Waals surface area contributed by atoms with Crippen LogP contribution < -0.4 is 5.32 Å². The second kappa shape index (κ2) is 11.2. The Balaban J connectivity index is 1.26. The van der Waals surface area contributed by atoms with Gasteiger partial charge in [-0.2, -0.15) is 0 Å². The first-order chi connectivity index (χ1) is 15.2. The third kappa shape index (κ3) is 6.82. The van der Waals surface area contributed by atoms with E-state index in [0.717, 1.165) is 81.8 Å². The fraction of sp³-hybridized carbons (Fsp3) is 0.565. The Bertz CT molecular complexity index is 844. The Morgan fingerprint density at radius 3 is 2.74 bits per heavy atom. The average Bonchev–Trinajstić information content (AvgIpc) is 3.25. The van der Waals surface area contributed by atoms with E-state index in [-0.39, 0.29) is 5.91 Å². The predicted octanol–water partition coefficient (Wildman–Crippen LogP) is 1.55. The second-order valence-electron chi connectivity index (χ2n) is 8.40. The number of piperazine rings is 1. The molecule has 4 rings (SSSR count). The van der Waals surface area contributed by atoms with Crippen molar-refractivity contribution in [2.45, 2.75) is 13.0 Å². The number of amides is 1. The maximum atomic E-state index is 12.3. The van der Waals surface area contributed by atoms with Gasteiger partial charge in [-0.1, -0.05) is 18.2 Å². The van der Waals surface area contributed by atoms with E-state index in [0.29, 0.717) is 13.0 Å². The first kappa shape index (κ1) is 22.4. The van der Waals surface area contributed by atoms with Gasteiger partial charge in [0.1, 0.15) is 5.01 Å². The predicted molar refractivity (Wildman–Crippen MR) is 124 cm³/mol. The van der Waals surface area contributed by atoms with E-state index in [1.807, 2.05) is 5.38 Å². The molecule has 0 aliphatic carbocycles. The van der Waals surface area contributed by atoms with Gasteiger partial charge in [-0.15, -0.1) is 11.3 Å². The molecule has 2 aromatic rings. The van der Waals surface area contributed by atoms with Crippen molar-refractivity contribution in [2.75, 3.05) is 72.6 Å². The molecule has 0 atom stereocenters. The Morgan fingerprint density at radius 2 is 1.94 bits per heavy atom. The lowest BCUT2D eigenvalue weighted by atomic mass is 10.1. The molecule has 7 nitrogen and oxygen atoms in total. The van der Waals surface area contributed by atoms with Crippen LogP contribution >= 0.6 is 11.3 Å². The number of nitrogens with one attached hydrogen (secondary N) is 1. The summed E-state index contributed by atoms with van der Waals surface area (Å²) in [5, 5.41) is 6.01. The van der Waals surface area contributed by atoms with E-state index >= 15 is 0 Å². The normalized spacial score (nSPS) is 18.9. The molecule has 1 aromatic carbocycles. The van der Waals surface area contributed by atoms with Crippen LogP contribution in [-0.2, 0) is 22.5 Å². The Hall–Kier alpha value is -1.84. The quantitative estimate of drug-likeness (QED) is 0.668. The molecule has 2 aliphatic rings. The van der Waals surface area contributed by atoms with E-state index in [1.54, 1.807) is 11.3 Å². The summed E-state index contributed by atoms with van der Waals surface area (Å²) in [6.07, 6.45) is 0.334. The highest BCUT2D eigenvalue weighted by atomic mass is 32.1. The SMILES string of the molecule is CN1CCN(Cc2cccc(-c3nc(CC(=O)NCCN4CCOCC4)cs3)c2)CC1. The molecule has 1 aromatic heterocycles. The minimum Gasteiger partial charge on any atom is -0.379 e. The number of benzene rings is 1. The fourth-order valence-electron chi connectivity index (χ4n) is 3.99. The van der Waals surface area contributed by atoms with Crippen molar-refractivity contribution < 1.29 is 9.53 Å². The summed E-state index contributed by atoms with van der Waals surface area (Å²) in [5.41, 5.74) is 3.30. The number of rotatable bonds is 8. The van der Waals surface area contributed by atoms with E-state index in [4.69, 9.17) is 9.72 Å². The second-order valence-corrected chi connectivity index (χ2v) is 9.26. The van der Waals surface area contributed by atoms with Crippen LogP contribution in [0.2, 0.25) is 0 Å². The molecular formula is C23H33N5O2S. The lowest BCUT2D eigenvalue weighted by Crippen LogP contribution is -2.43. The van der Waals surface area contributed by atoms with Crippen molar-refractivity contribution in [3.63, 3.8) is 0 Å². The first-order valence-electron chi connectivity index (χ1n) is 11.2. The van der Waals surface area contributed by atoms with Crippen LogP contribution in [0, 0.1) is 0 Å². The van der Waals surface area contributed by atoms with Crippen molar-refractivity contribution in [1.29, 1.82) is 0 Å². The van der Waals surface area contributed by atoms with E-state index in [2.05, 4.69) is 51.3 Å². The van der Waals surface area contributed by atoms with Crippen molar-refractivity contribution in [1.82, 2.24) is 25.0 Å². The summed E-state index contributed by atoms with van der Waals surface area (Å²) in [4.78, 5) is 24.2. The highest BCUT2D eigenvalue weighted by Gasteiger charge is 2.15. The standard InChI is InChI=1S/C23H33N5O2S/c1-26-7-9-28(10-8-26)17-19-3-2-4-20(15-19)23-25-21(18-31-23)16-22(29)24-5-6-27-11-13-30-14-12-27/h2-4,15,18H,5-14,16-17H2,1H3,(H,24,29). The summed E-state index contributed by atoms with van der Waals surface area (Å²) in [7, 11) is 2.18. The van der Waals surface area contributed by atoms with Crippen LogP contribution in [0.3, 0.4) is 0 Å². The summed E-state index contributed by atoms with van der Waals surface area (Å²) in [5.74, 6) is 0.0360. The molecule has 0 bridgehead atoms. The number of carbonyl (C=O) groups excluding carboxylic acids is 1. The van der Waals surface area contributed by atoms with Gasteiger partial charge < -0.3 is 15.0 Å². The van der Waals surface area contributed by atoms with Gasteiger partial charge in [0, 0.05) is 69.8 Å². The molecule has 2 aliphatic heterocycles. The molecule has 3 heterocycles. The van der Waals surface area contributed by atoms with Crippen LogP contribution in [0.5, 0.6) is 0 Å². The van der Waals surface area contributed by atoms with Crippen LogP contribution in [0.1, 0.15) is 11.3 Å². The number of aromatic nitrogens is 1. The number of hydrogen-bond acceptors (Lipinski definition) is 7. The zero-order valence-corrected chi connectivity index (χ0v) is 19.2. The summed E-state index contributed by atoms with van der Waals surface area (Å²) >= 11 is 1.61. The van der Waals surface area contributed by atoms with Crippen LogP contribution in [0.15, 0.2) is 29.6 Å². The van der Waals surface area contributed by atoms with Gasteiger partial charge in [0.15, 0.2) is 0 Å². The van der Waals surface area contributed by atoms with Crippen LogP contribution in [-0.4, -0.2) is 98.2 Å². The van der Waals surface area contributed by atoms with Crippen molar-refractivity contribution in [3.05, 3.63) is 40.9 Å². The van der Waals surface area contributed by atoms with Gasteiger partial charge in [-0.25, -0.2) is 4.98 Å².